The molecule has 0 unspecified atom stereocenters. The molecule has 0 spiro atoms. The molecule has 2 rings (SSSR count). The number of esters is 2. The molecule has 0 aliphatic rings. The Bertz CT molecular complexity index is 1090. The molecule has 2 aromatic carbocycles. The highest BCUT2D eigenvalue weighted by Gasteiger charge is 2.21. The number of carboxylic acid groups (broad SMARTS) is 4. The van der Waals surface area contributed by atoms with Gasteiger partial charge in [0.15, 0.2) is 0 Å². The molecule has 0 aliphatic heterocycles. The second-order valence-electron chi connectivity index (χ2n) is 7.07. The summed E-state index contributed by atoms with van der Waals surface area (Å²) in [6.07, 6.45) is 1.12. The van der Waals surface area contributed by atoms with Crippen LogP contribution in [0.15, 0.2) is 36.4 Å². The Labute approximate surface area is 197 Å². The van der Waals surface area contributed by atoms with Gasteiger partial charge in [-0.1, -0.05) is 0 Å². The molecule has 0 atom stereocenters. The van der Waals surface area contributed by atoms with E-state index in [4.69, 9.17) is 19.7 Å². The summed E-state index contributed by atoms with van der Waals surface area (Å²) in [5.41, 5.74) is -2.17. The van der Waals surface area contributed by atoms with Crippen molar-refractivity contribution < 1.29 is 58.7 Å². The maximum atomic E-state index is 12.2. The van der Waals surface area contributed by atoms with Gasteiger partial charge in [0.05, 0.1) is 46.6 Å². The topological polar surface area (TPSA) is 202 Å². The van der Waals surface area contributed by atoms with Gasteiger partial charge in [0.2, 0.25) is 0 Å². The molecule has 0 aromatic heterocycles. The number of hydrogen-bond acceptors (Lipinski definition) is 8. The zero-order valence-corrected chi connectivity index (χ0v) is 18.1. The van der Waals surface area contributed by atoms with Crippen molar-refractivity contribution in [3.05, 3.63) is 69.8 Å². The van der Waals surface area contributed by atoms with Crippen LogP contribution in [0.4, 0.5) is 0 Å². The standard InChI is InChI=1S/C23H20O12/c24-18(25)12-4-6-14(16(10-12)20(28)29)22(32)34-8-2-1-3-9-35-23(33)15-7-5-13(19(26)27)11-17(15)21(30)31/h4-7,10-11H,1-3,8-9H2,(H,24,25)(H,26,27)(H,28,29)(H,30,31). The van der Waals surface area contributed by atoms with Crippen molar-refractivity contribution in [2.45, 2.75) is 19.3 Å². The van der Waals surface area contributed by atoms with Crippen LogP contribution in [0.2, 0.25) is 0 Å². The Morgan fingerprint density at radius 2 is 0.886 bits per heavy atom. The van der Waals surface area contributed by atoms with E-state index in [-0.39, 0.29) is 35.5 Å². The van der Waals surface area contributed by atoms with E-state index in [0.29, 0.717) is 19.3 Å². The van der Waals surface area contributed by atoms with Gasteiger partial charge in [-0.15, -0.1) is 0 Å². The maximum Gasteiger partial charge on any atom is 0.339 e. The van der Waals surface area contributed by atoms with E-state index in [0.717, 1.165) is 36.4 Å². The van der Waals surface area contributed by atoms with Gasteiger partial charge in [-0.2, -0.15) is 0 Å². The van der Waals surface area contributed by atoms with Gasteiger partial charge in [0.1, 0.15) is 0 Å². The molecule has 0 fully saturated rings. The summed E-state index contributed by atoms with van der Waals surface area (Å²) in [5.74, 6) is -7.52. The number of ether oxygens (including phenoxy) is 2. The highest BCUT2D eigenvalue weighted by atomic mass is 16.5. The fraction of sp³-hybridized carbons (Fsp3) is 0.217. The van der Waals surface area contributed by atoms with Crippen LogP contribution in [0.1, 0.15) is 81.4 Å². The monoisotopic (exact) mass is 488 g/mol. The number of carbonyl (C=O) groups excluding carboxylic acids is 2. The van der Waals surface area contributed by atoms with Gasteiger partial charge < -0.3 is 29.9 Å². The van der Waals surface area contributed by atoms with Crippen LogP contribution in [0, 0.1) is 0 Å². The summed E-state index contributed by atoms with van der Waals surface area (Å²) < 4.78 is 10.0. The first-order chi connectivity index (χ1) is 16.5. The van der Waals surface area contributed by atoms with Crippen molar-refractivity contribution >= 4 is 35.8 Å². The number of carbonyl (C=O) groups is 6. The number of unbranched alkanes of at least 4 members (excludes halogenated alkanes) is 2. The van der Waals surface area contributed by atoms with Crippen LogP contribution in [0.3, 0.4) is 0 Å². The summed E-state index contributed by atoms with van der Waals surface area (Å²) in [6, 6.07) is 6.02. The Hall–Kier alpha value is -4.74. The average molecular weight is 488 g/mol. The van der Waals surface area contributed by atoms with Crippen molar-refractivity contribution in [1.29, 1.82) is 0 Å². The largest absolute Gasteiger partial charge is 0.478 e. The Morgan fingerprint density at radius 3 is 1.20 bits per heavy atom. The molecule has 2 aromatic rings. The molecule has 12 heteroatoms. The van der Waals surface area contributed by atoms with Gasteiger partial charge in [-0.3, -0.25) is 0 Å². The molecule has 4 N–H and O–H groups in total. The average Bonchev–Trinajstić information content (AvgIpc) is 2.82. The van der Waals surface area contributed by atoms with E-state index in [9.17, 15) is 39.0 Å². The van der Waals surface area contributed by atoms with E-state index in [2.05, 4.69) is 0 Å². The summed E-state index contributed by atoms with van der Waals surface area (Å²) >= 11 is 0. The summed E-state index contributed by atoms with van der Waals surface area (Å²) in [6.45, 7) is -0.154. The summed E-state index contributed by atoms with van der Waals surface area (Å²) in [7, 11) is 0. The first kappa shape index (κ1) is 26.5. The molecule has 0 radical (unpaired) electrons. The third-order valence-electron chi connectivity index (χ3n) is 4.69. The fourth-order valence-corrected chi connectivity index (χ4v) is 2.93. The molecule has 0 saturated heterocycles. The van der Waals surface area contributed by atoms with Crippen molar-refractivity contribution in [3.8, 4) is 0 Å². The van der Waals surface area contributed by atoms with Crippen LogP contribution in [0.25, 0.3) is 0 Å². The van der Waals surface area contributed by atoms with Crippen LogP contribution in [-0.2, 0) is 9.47 Å². The van der Waals surface area contributed by atoms with E-state index in [1.54, 1.807) is 0 Å². The van der Waals surface area contributed by atoms with Crippen molar-refractivity contribution in [1.82, 2.24) is 0 Å². The number of aromatic carboxylic acids is 4. The SMILES string of the molecule is O=C(O)c1ccc(C(=O)OCCCCCOC(=O)c2ccc(C(=O)O)cc2C(=O)O)c(C(=O)O)c1. The summed E-state index contributed by atoms with van der Waals surface area (Å²) in [4.78, 5) is 68.9. The van der Waals surface area contributed by atoms with Crippen molar-refractivity contribution in [2.24, 2.45) is 0 Å². The molecular weight excluding hydrogens is 468 g/mol. The molecule has 12 nitrogen and oxygen atoms in total. The van der Waals surface area contributed by atoms with E-state index < -0.39 is 46.9 Å². The maximum absolute atomic E-state index is 12.2. The minimum atomic E-state index is -1.48. The highest BCUT2D eigenvalue weighted by Crippen LogP contribution is 2.16. The van der Waals surface area contributed by atoms with Gasteiger partial charge in [-0.25, -0.2) is 28.8 Å². The lowest BCUT2D eigenvalue weighted by Crippen LogP contribution is -2.14. The smallest absolute Gasteiger partial charge is 0.339 e. The molecule has 0 bridgehead atoms. The minimum Gasteiger partial charge on any atom is -0.478 e. The number of rotatable bonds is 12. The van der Waals surface area contributed by atoms with E-state index in [1.165, 1.54) is 0 Å². The Kier molecular flexibility index (Phi) is 9.04. The molecule has 0 saturated carbocycles. The normalized spacial score (nSPS) is 10.3. The summed E-state index contributed by atoms with van der Waals surface area (Å²) in [5, 5.41) is 36.3. The van der Waals surface area contributed by atoms with Crippen LogP contribution >= 0.6 is 0 Å². The molecule has 0 amide bonds. The Morgan fingerprint density at radius 1 is 0.514 bits per heavy atom. The van der Waals surface area contributed by atoms with Crippen LogP contribution < -0.4 is 0 Å². The lowest BCUT2D eigenvalue weighted by molar-refractivity contribution is 0.0463. The molecule has 0 aliphatic carbocycles. The predicted molar refractivity (Wildman–Crippen MR) is 115 cm³/mol. The third kappa shape index (κ3) is 7.12. The van der Waals surface area contributed by atoms with Gasteiger partial charge in [0.25, 0.3) is 0 Å². The van der Waals surface area contributed by atoms with Crippen LogP contribution in [0.5, 0.6) is 0 Å². The highest BCUT2D eigenvalue weighted by molar-refractivity contribution is 6.05. The number of carboxylic acids is 4. The Balaban J connectivity index is 1.81. The fourth-order valence-electron chi connectivity index (χ4n) is 2.93. The van der Waals surface area contributed by atoms with E-state index in [1.807, 2.05) is 0 Å². The third-order valence-corrected chi connectivity index (χ3v) is 4.69. The zero-order chi connectivity index (χ0) is 26.1. The lowest BCUT2D eigenvalue weighted by Gasteiger charge is -2.09. The van der Waals surface area contributed by atoms with E-state index >= 15 is 0 Å². The lowest BCUT2D eigenvalue weighted by atomic mass is 10.0. The minimum absolute atomic E-state index is 0.0770. The van der Waals surface area contributed by atoms with Gasteiger partial charge in [0, 0.05) is 0 Å². The van der Waals surface area contributed by atoms with Gasteiger partial charge >= 0.3 is 35.8 Å². The number of benzene rings is 2. The number of hydrogen-bond donors (Lipinski definition) is 4. The molecular formula is C23H20O12. The van der Waals surface area contributed by atoms with Crippen LogP contribution in [-0.4, -0.2) is 69.5 Å². The zero-order valence-electron chi connectivity index (χ0n) is 18.1. The quantitative estimate of drug-likeness (QED) is 0.252. The van der Waals surface area contributed by atoms with Crippen molar-refractivity contribution in [3.63, 3.8) is 0 Å². The first-order valence-electron chi connectivity index (χ1n) is 10.1. The molecule has 0 heterocycles. The van der Waals surface area contributed by atoms with Crippen molar-refractivity contribution in [2.75, 3.05) is 13.2 Å². The molecule has 184 valence electrons. The second-order valence-corrected chi connectivity index (χ2v) is 7.07. The first-order valence-corrected chi connectivity index (χ1v) is 10.1. The molecule has 35 heavy (non-hydrogen) atoms. The second kappa shape index (κ2) is 11.9. The van der Waals surface area contributed by atoms with Gasteiger partial charge in [-0.05, 0) is 55.7 Å². The predicted octanol–water partition coefficient (Wildman–Crippen LogP) is 2.66.